The number of aliphatic carboxylic acids is 4. The Labute approximate surface area is 196 Å². The van der Waals surface area contributed by atoms with E-state index in [0.29, 0.717) is 6.42 Å². The molecule has 9 nitrogen and oxygen atoms in total. The molecule has 0 amide bonds. The van der Waals surface area contributed by atoms with E-state index in [1.54, 1.807) is 0 Å². The van der Waals surface area contributed by atoms with Crippen LogP contribution in [0.25, 0.3) is 0 Å². The molecular weight excluding hydrogens is 432 g/mol. The smallest absolute Gasteiger partial charge is 0.336 e. The molecule has 9 heteroatoms. The first-order valence-electron chi connectivity index (χ1n) is 11.8. The summed E-state index contributed by atoms with van der Waals surface area (Å²) in [5, 5.41) is 42.3. The minimum atomic E-state index is -2.74. The molecule has 0 saturated heterocycles. The zero-order chi connectivity index (χ0) is 25.5. The highest BCUT2D eigenvalue weighted by Gasteiger charge is 2.40. The molecule has 0 radical (unpaired) electrons. The van der Waals surface area contributed by atoms with Gasteiger partial charge < -0.3 is 25.5 Å². The maximum Gasteiger partial charge on any atom is 0.336 e. The van der Waals surface area contributed by atoms with Crippen molar-refractivity contribution in [3.8, 4) is 0 Å². The molecule has 0 atom stereocenters. The van der Waals surface area contributed by atoms with Crippen LogP contribution in [0.5, 0.6) is 0 Å². The highest BCUT2D eigenvalue weighted by molar-refractivity contribution is 5.88. The molecule has 0 unspecified atom stereocenters. The number of carboxylic acid groups (broad SMARTS) is 4. The van der Waals surface area contributed by atoms with E-state index in [1.807, 2.05) is 0 Å². The van der Waals surface area contributed by atoms with Crippen molar-refractivity contribution in [2.45, 2.75) is 115 Å². The summed E-state index contributed by atoms with van der Waals surface area (Å²) in [6.07, 6.45) is 19.0. The number of hydrogen-bond donors (Lipinski definition) is 5. The number of hydrogen-bond acceptors (Lipinski definition) is 5. The molecule has 0 heterocycles. The van der Waals surface area contributed by atoms with E-state index in [2.05, 4.69) is 19.1 Å². The Morgan fingerprint density at radius 2 is 1.00 bits per heavy atom. The third-order valence-corrected chi connectivity index (χ3v) is 4.94. The molecule has 0 spiro atoms. The largest absolute Gasteiger partial charge is 0.481 e. The average Bonchev–Trinajstić information content (AvgIpc) is 2.70. The predicted molar refractivity (Wildman–Crippen MR) is 124 cm³/mol. The van der Waals surface area contributed by atoms with Crippen LogP contribution in [-0.2, 0) is 19.2 Å². The van der Waals surface area contributed by atoms with E-state index >= 15 is 0 Å². The number of aliphatic hydroxyl groups is 1. The van der Waals surface area contributed by atoms with E-state index in [0.717, 1.165) is 12.8 Å². The van der Waals surface area contributed by atoms with Crippen molar-refractivity contribution in [2.24, 2.45) is 0 Å². The van der Waals surface area contributed by atoms with Gasteiger partial charge in [-0.2, -0.15) is 0 Å². The Balaban J connectivity index is 0. The standard InChI is InChI=1S/C18H34O2.C6H8O7/c1-2-3-4-5-6-7-8-9-10-11-12-13-14-15-16-17-18(19)20;7-3(8)1-6(13,5(11)12)2-4(9)10/h9-10H,2-8,11-17H2,1H3,(H,19,20);13H,1-2H2,(H,7,8)(H,9,10)(H,11,12)/b10-9-;. The molecule has 5 N–H and O–H groups in total. The lowest BCUT2D eigenvalue weighted by Crippen LogP contribution is -2.42. The molecule has 0 aliphatic heterocycles. The molecule has 0 rings (SSSR count). The summed E-state index contributed by atoms with van der Waals surface area (Å²) in [5.74, 6) is -5.68. The summed E-state index contributed by atoms with van der Waals surface area (Å²) in [7, 11) is 0. The highest BCUT2D eigenvalue weighted by atomic mass is 16.4. The van der Waals surface area contributed by atoms with E-state index in [4.69, 9.17) is 25.5 Å². The maximum atomic E-state index is 10.3. The molecule has 0 saturated carbocycles. The second-order valence-corrected chi connectivity index (χ2v) is 8.21. The summed E-state index contributed by atoms with van der Waals surface area (Å²) < 4.78 is 0. The van der Waals surface area contributed by atoms with Gasteiger partial charge in [-0.25, -0.2) is 4.79 Å². The van der Waals surface area contributed by atoms with Crippen LogP contribution in [0.3, 0.4) is 0 Å². The normalized spacial score (nSPS) is 11.1. The second-order valence-electron chi connectivity index (χ2n) is 8.21. The number of allylic oxidation sites excluding steroid dienone is 2. The Bertz CT molecular complexity index is 568. The lowest BCUT2D eigenvalue weighted by molar-refractivity contribution is -0.170. The quantitative estimate of drug-likeness (QED) is 0.122. The summed E-state index contributed by atoms with van der Waals surface area (Å²) in [4.78, 5) is 40.8. The summed E-state index contributed by atoms with van der Waals surface area (Å²) in [5.41, 5.74) is -2.74. The van der Waals surface area contributed by atoms with Crippen LogP contribution in [0.2, 0.25) is 0 Å². The molecule has 0 aromatic carbocycles. The van der Waals surface area contributed by atoms with Crippen molar-refractivity contribution < 1.29 is 44.7 Å². The first-order valence-corrected chi connectivity index (χ1v) is 11.8. The fourth-order valence-corrected chi connectivity index (χ4v) is 3.06. The summed E-state index contributed by atoms with van der Waals surface area (Å²) >= 11 is 0. The Morgan fingerprint density at radius 3 is 1.36 bits per heavy atom. The molecule has 33 heavy (non-hydrogen) atoms. The van der Waals surface area contributed by atoms with Crippen molar-refractivity contribution in [3.05, 3.63) is 12.2 Å². The van der Waals surface area contributed by atoms with Gasteiger partial charge in [0.25, 0.3) is 0 Å². The van der Waals surface area contributed by atoms with E-state index < -0.39 is 42.3 Å². The van der Waals surface area contributed by atoms with Gasteiger partial charge in [-0.1, -0.05) is 70.4 Å². The topological polar surface area (TPSA) is 169 Å². The van der Waals surface area contributed by atoms with Crippen molar-refractivity contribution in [1.82, 2.24) is 0 Å². The predicted octanol–water partition coefficient (Wildman–Crippen LogP) is 4.86. The fraction of sp³-hybridized carbons (Fsp3) is 0.750. The second kappa shape index (κ2) is 21.4. The summed E-state index contributed by atoms with van der Waals surface area (Å²) in [6, 6.07) is 0. The molecule has 0 fully saturated rings. The van der Waals surface area contributed by atoms with Crippen molar-refractivity contribution in [1.29, 1.82) is 0 Å². The first-order chi connectivity index (χ1) is 15.5. The van der Waals surface area contributed by atoms with Crippen molar-refractivity contribution in [3.63, 3.8) is 0 Å². The van der Waals surface area contributed by atoms with Gasteiger partial charge in [0.1, 0.15) is 0 Å². The number of unbranched alkanes of at least 4 members (excludes halogenated alkanes) is 11. The van der Waals surface area contributed by atoms with Crippen LogP contribution in [-0.4, -0.2) is 55.0 Å². The zero-order valence-corrected chi connectivity index (χ0v) is 19.8. The number of carbonyl (C=O) groups is 4. The zero-order valence-electron chi connectivity index (χ0n) is 19.8. The minimum Gasteiger partial charge on any atom is -0.481 e. The first kappa shape index (κ1) is 32.8. The van der Waals surface area contributed by atoms with Gasteiger partial charge in [-0.05, 0) is 32.1 Å². The van der Waals surface area contributed by atoms with E-state index in [1.165, 1.54) is 70.6 Å². The van der Waals surface area contributed by atoms with Crippen LogP contribution in [0.15, 0.2) is 12.2 Å². The molecule has 0 aliphatic carbocycles. The molecule has 0 bridgehead atoms. The van der Waals surface area contributed by atoms with Gasteiger partial charge in [-0.3, -0.25) is 14.4 Å². The lowest BCUT2D eigenvalue weighted by atomic mass is 9.96. The fourth-order valence-electron chi connectivity index (χ4n) is 3.06. The van der Waals surface area contributed by atoms with Crippen LogP contribution in [0.4, 0.5) is 0 Å². The van der Waals surface area contributed by atoms with Gasteiger partial charge in [0.2, 0.25) is 0 Å². The van der Waals surface area contributed by atoms with Gasteiger partial charge in [0.05, 0.1) is 12.8 Å². The van der Waals surface area contributed by atoms with Gasteiger partial charge in [-0.15, -0.1) is 0 Å². The average molecular weight is 475 g/mol. The van der Waals surface area contributed by atoms with Crippen molar-refractivity contribution in [2.75, 3.05) is 0 Å². The third kappa shape index (κ3) is 24.1. The maximum absolute atomic E-state index is 10.3. The molecular formula is C24H42O9. The lowest BCUT2D eigenvalue weighted by Gasteiger charge is -2.18. The third-order valence-electron chi connectivity index (χ3n) is 4.94. The summed E-state index contributed by atoms with van der Waals surface area (Å²) in [6.45, 7) is 2.26. The number of carboxylic acids is 4. The molecule has 0 aromatic heterocycles. The van der Waals surface area contributed by atoms with Gasteiger partial charge in [0, 0.05) is 6.42 Å². The van der Waals surface area contributed by atoms with Crippen molar-refractivity contribution >= 4 is 23.9 Å². The highest BCUT2D eigenvalue weighted by Crippen LogP contribution is 2.15. The Kier molecular flexibility index (Phi) is 21.3. The monoisotopic (exact) mass is 474 g/mol. The number of rotatable bonds is 20. The molecule has 0 aromatic rings. The van der Waals surface area contributed by atoms with E-state index in [-0.39, 0.29) is 0 Å². The van der Waals surface area contributed by atoms with E-state index in [9.17, 15) is 19.2 Å². The van der Waals surface area contributed by atoms with Gasteiger partial charge in [0.15, 0.2) is 5.60 Å². The molecule has 192 valence electrons. The Hall–Kier alpha value is -2.42. The minimum absolute atomic E-state index is 0.332. The van der Waals surface area contributed by atoms with Crippen LogP contribution >= 0.6 is 0 Å². The van der Waals surface area contributed by atoms with Gasteiger partial charge >= 0.3 is 23.9 Å². The van der Waals surface area contributed by atoms with Crippen LogP contribution in [0, 0.1) is 0 Å². The SMILES string of the molecule is CCCCCCCC/C=C\CCCCCCCC(=O)O.O=C(O)CC(O)(CC(=O)O)C(=O)O. The Morgan fingerprint density at radius 1 is 0.606 bits per heavy atom. The van der Waals surface area contributed by atoms with Crippen LogP contribution in [0.1, 0.15) is 110 Å². The molecule has 0 aliphatic rings. The van der Waals surface area contributed by atoms with Crippen LogP contribution < -0.4 is 0 Å².